The van der Waals surface area contributed by atoms with E-state index in [-0.39, 0.29) is 30.6 Å². The summed E-state index contributed by atoms with van der Waals surface area (Å²) in [5, 5.41) is 2.88. The monoisotopic (exact) mass is 212 g/mol. The van der Waals surface area contributed by atoms with Gasteiger partial charge in [-0.2, -0.15) is 0 Å². The van der Waals surface area contributed by atoms with E-state index in [2.05, 4.69) is 10.3 Å². The minimum Gasteiger partial charge on any atom is -0.314 e. The molecule has 0 atom stereocenters. The SMILES string of the molecule is CNCc1cc(F)ccn1.Cl.Cl. The number of hydrogen-bond donors (Lipinski definition) is 1. The Kier molecular flexibility index (Phi) is 8.59. The van der Waals surface area contributed by atoms with Gasteiger partial charge in [-0.1, -0.05) is 0 Å². The van der Waals surface area contributed by atoms with Crippen LogP contribution >= 0.6 is 24.8 Å². The first-order valence-electron chi connectivity index (χ1n) is 3.08. The fourth-order valence-electron chi connectivity index (χ4n) is 0.727. The van der Waals surface area contributed by atoms with Crippen LogP contribution in [-0.4, -0.2) is 12.0 Å². The van der Waals surface area contributed by atoms with Crippen molar-refractivity contribution in [3.05, 3.63) is 29.8 Å². The van der Waals surface area contributed by atoms with E-state index in [1.54, 1.807) is 7.05 Å². The highest BCUT2D eigenvalue weighted by molar-refractivity contribution is 5.85. The molecule has 1 heterocycles. The zero-order valence-electron chi connectivity index (χ0n) is 6.58. The molecule has 0 bridgehead atoms. The second kappa shape index (κ2) is 7.28. The Bertz CT molecular complexity index is 220. The first-order chi connectivity index (χ1) is 4.83. The van der Waals surface area contributed by atoms with E-state index in [1.807, 2.05) is 0 Å². The normalized spacial score (nSPS) is 8.17. The molecular weight excluding hydrogens is 202 g/mol. The Labute approximate surface area is 83.4 Å². The van der Waals surface area contributed by atoms with Crippen molar-refractivity contribution in [1.82, 2.24) is 10.3 Å². The number of hydrogen-bond acceptors (Lipinski definition) is 2. The second-order valence-corrected chi connectivity index (χ2v) is 2.00. The lowest BCUT2D eigenvalue weighted by atomic mass is 10.3. The van der Waals surface area contributed by atoms with Crippen molar-refractivity contribution in [3.63, 3.8) is 0 Å². The molecule has 0 saturated carbocycles. The molecule has 0 fully saturated rings. The number of halogens is 3. The van der Waals surface area contributed by atoms with Gasteiger partial charge in [-0.25, -0.2) is 4.39 Å². The number of nitrogens with zero attached hydrogens (tertiary/aromatic N) is 1. The number of aromatic nitrogens is 1. The summed E-state index contributed by atoms with van der Waals surface area (Å²) >= 11 is 0. The van der Waals surface area contributed by atoms with Crippen LogP contribution in [0.3, 0.4) is 0 Å². The highest BCUT2D eigenvalue weighted by Crippen LogP contribution is 1.97. The topological polar surface area (TPSA) is 24.9 Å². The standard InChI is InChI=1S/C7H9FN2.2ClH/c1-9-5-7-4-6(8)2-3-10-7;;/h2-4,9H,5H2,1H3;2*1H. The molecular formula is C7H11Cl2FN2. The number of nitrogens with one attached hydrogen (secondary N) is 1. The van der Waals surface area contributed by atoms with Crippen LogP contribution in [0, 0.1) is 5.82 Å². The van der Waals surface area contributed by atoms with E-state index in [4.69, 9.17) is 0 Å². The third-order valence-electron chi connectivity index (χ3n) is 1.14. The van der Waals surface area contributed by atoms with Crippen LogP contribution in [0.2, 0.25) is 0 Å². The lowest BCUT2D eigenvalue weighted by molar-refractivity contribution is 0.619. The molecule has 0 aliphatic rings. The van der Waals surface area contributed by atoms with E-state index in [0.717, 1.165) is 5.69 Å². The van der Waals surface area contributed by atoms with Crippen molar-refractivity contribution < 1.29 is 4.39 Å². The summed E-state index contributed by atoms with van der Waals surface area (Å²) in [5.41, 5.74) is 0.725. The first-order valence-corrected chi connectivity index (χ1v) is 3.08. The zero-order valence-corrected chi connectivity index (χ0v) is 8.21. The van der Waals surface area contributed by atoms with Crippen molar-refractivity contribution in [2.45, 2.75) is 6.54 Å². The smallest absolute Gasteiger partial charge is 0.126 e. The van der Waals surface area contributed by atoms with Crippen LogP contribution in [0.15, 0.2) is 18.3 Å². The van der Waals surface area contributed by atoms with Gasteiger partial charge in [0, 0.05) is 12.7 Å². The molecule has 5 heteroatoms. The summed E-state index contributed by atoms with van der Waals surface area (Å²) in [6.07, 6.45) is 1.46. The summed E-state index contributed by atoms with van der Waals surface area (Å²) < 4.78 is 12.4. The van der Waals surface area contributed by atoms with Gasteiger partial charge in [0.25, 0.3) is 0 Å². The molecule has 0 saturated heterocycles. The van der Waals surface area contributed by atoms with Gasteiger partial charge < -0.3 is 5.32 Å². The molecule has 12 heavy (non-hydrogen) atoms. The van der Waals surface area contributed by atoms with E-state index >= 15 is 0 Å². The van der Waals surface area contributed by atoms with Gasteiger partial charge in [0.1, 0.15) is 5.82 Å². The van der Waals surface area contributed by atoms with Gasteiger partial charge in [-0.15, -0.1) is 24.8 Å². The molecule has 0 radical (unpaired) electrons. The van der Waals surface area contributed by atoms with Crippen LogP contribution in [0.25, 0.3) is 0 Å². The van der Waals surface area contributed by atoms with E-state index < -0.39 is 0 Å². The zero-order chi connectivity index (χ0) is 7.40. The Balaban J connectivity index is 0. The largest absolute Gasteiger partial charge is 0.314 e. The van der Waals surface area contributed by atoms with Crippen LogP contribution in [0.4, 0.5) is 4.39 Å². The van der Waals surface area contributed by atoms with Gasteiger partial charge in [0.15, 0.2) is 0 Å². The molecule has 0 aromatic carbocycles. The quantitative estimate of drug-likeness (QED) is 0.809. The maximum absolute atomic E-state index is 12.4. The van der Waals surface area contributed by atoms with Crippen LogP contribution in [0.1, 0.15) is 5.69 Å². The minimum atomic E-state index is -0.236. The molecule has 0 amide bonds. The average Bonchev–Trinajstić information content (AvgIpc) is 1.88. The summed E-state index contributed by atoms with van der Waals surface area (Å²) in [4.78, 5) is 3.93. The molecule has 1 N–H and O–H groups in total. The van der Waals surface area contributed by atoms with Crippen molar-refractivity contribution in [1.29, 1.82) is 0 Å². The number of pyridine rings is 1. The Morgan fingerprint density at radius 3 is 2.67 bits per heavy atom. The first kappa shape index (κ1) is 14.2. The maximum atomic E-state index is 12.4. The van der Waals surface area contributed by atoms with Crippen molar-refractivity contribution >= 4 is 24.8 Å². The van der Waals surface area contributed by atoms with Gasteiger partial charge in [0.05, 0.1) is 5.69 Å². The van der Waals surface area contributed by atoms with Crippen molar-refractivity contribution in [3.8, 4) is 0 Å². The number of rotatable bonds is 2. The van der Waals surface area contributed by atoms with Crippen LogP contribution in [0.5, 0.6) is 0 Å². The van der Waals surface area contributed by atoms with E-state index in [9.17, 15) is 4.39 Å². The highest BCUT2D eigenvalue weighted by Gasteiger charge is 1.92. The second-order valence-electron chi connectivity index (χ2n) is 2.00. The summed E-state index contributed by atoms with van der Waals surface area (Å²) in [6, 6.07) is 2.75. The molecule has 0 aliphatic heterocycles. The van der Waals surface area contributed by atoms with E-state index in [1.165, 1.54) is 18.3 Å². The summed E-state index contributed by atoms with van der Waals surface area (Å²) in [7, 11) is 1.80. The predicted molar refractivity (Wildman–Crippen MR) is 51.5 cm³/mol. The summed E-state index contributed by atoms with van der Waals surface area (Å²) in [6.45, 7) is 0.609. The average molecular weight is 213 g/mol. The lowest BCUT2D eigenvalue weighted by Crippen LogP contribution is -2.06. The molecule has 70 valence electrons. The van der Waals surface area contributed by atoms with Gasteiger partial charge in [0.2, 0.25) is 0 Å². The van der Waals surface area contributed by atoms with Crippen LogP contribution in [-0.2, 0) is 6.54 Å². The van der Waals surface area contributed by atoms with Gasteiger partial charge >= 0.3 is 0 Å². The third-order valence-corrected chi connectivity index (χ3v) is 1.14. The van der Waals surface area contributed by atoms with Gasteiger partial charge in [-0.3, -0.25) is 4.98 Å². The Morgan fingerprint density at radius 2 is 2.17 bits per heavy atom. The molecule has 0 unspecified atom stereocenters. The fraction of sp³-hybridized carbons (Fsp3) is 0.286. The van der Waals surface area contributed by atoms with Crippen LogP contribution < -0.4 is 5.32 Å². The highest BCUT2D eigenvalue weighted by atomic mass is 35.5. The maximum Gasteiger partial charge on any atom is 0.126 e. The van der Waals surface area contributed by atoms with E-state index in [0.29, 0.717) is 6.54 Å². The predicted octanol–water partition coefficient (Wildman–Crippen LogP) is 1.78. The fourth-order valence-corrected chi connectivity index (χ4v) is 0.727. The molecule has 0 aliphatic carbocycles. The van der Waals surface area contributed by atoms with Crippen molar-refractivity contribution in [2.75, 3.05) is 7.05 Å². The van der Waals surface area contributed by atoms with Gasteiger partial charge in [-0.05, 0) is 19.2 Å². The Hall–Kier alpha value is -0.380. The molecule has 1 rings (SSSR count). The molecule has 2 nitrogen and oxygen atoms in total. The molecule has 1 aromatic rings. The summed E-state index contributed by atoms with van der Waals surface area (Å²) in [5.74, 6) is -0.236. The lowest BCUT2D eigenvalue weighted by Gasteiger charge is -1.96. The molecule has 1 aromatic heterocycles. The van der Waals surface area contributed by atoms with Crippen molar-refractivity contribution in [2.24, 2.45) is 0 Å². The third kappa shape index (κ3) is 4.49. The molecule has 0 spiro atoms. The Morgan fingerprint density at radius 1 is 1.50 bits per heavy atom. The minimum absolute atomic E-state index is 0.